The van der Waals surface area contributed by atoms with Gasteiger partial charge in [0.05, 0.1) is 17.0 Å². The van der Waals surface area contributed by atoms with Gasteiger partial charge in [-0.3, -0.25) is 14.5 Å². The summed E-state index contributed by atoms with van der Waals surface area (Å²) in [5.74, 6) is -0.476. The van der Waals surface area contributed by atoms with Crippen LogP contribution in [0.25, 0.3) is 6.08 Å². The first kappa shape index (κ1) is 19.8. The van der Waals surface area contributed by atoms with Gasteiger partial charge in [0.1, 0.15) is 6.07 Å². The lowest BCUT2D eigenvalue weighted by Gasteiger charge is -2.18. The number of allylic oxidation sites excluding steroid dienone is 1. The molecular weight excluding hydrogens is 370 g/mol. The van der Waals surface area contributed by atoms with Crippen molar-refractivity contribution in [2.45, 2.75) is 27.7 Å². The Hall–Kier alpha value is -2.49. The molecule has 0 aliphatic heterocycles. The summed E-state index contributed by atoms with van der Waals surface area (Å²) < 4.78 is 0. The van der Waals surface area contributed by atoms with Crippen LogP contribution in [0.2, 0.25) is 5.02 Å². The van der Waals surface area contributed by atoms with E-state index in [4.69, 9.17) is 11.6 Å². The van der Waals surface area contributed by atoms with Crippen LogP contribution in [-0.4, -0.2) is 16.7 Å². The van der Waals surface area contributed by atoms with Gasteiger partial charge in [-0.15, -0.1) is 11.3 Å². The number of hydrogen-bond acceptors (Lipinski definition) is 5. The van der Waals surface area contributed by atoms with E-state index in [0.29, 0.717) is 21.5 Å². The molecule has 1 heterocycles. The third kappa shape index (κ3) is 4.57. The van der Waals surface area contributed by atoms with Crippen molar-refractivity contribution in [3.8, 4) is 6.07 Å². The predicted molar refractivity (Wildman–Crippen MR) is 104 cm³/mol. The highest BCUT2D eigenvalue weighted by atomic mass is 35.5. The van der Waals surface area contributed by atoms with Crippen molar-refractivity contribution >= 4 is 51.5 Å². The second-order valence-electron chi connectivity index (χ2n) is 6.64. The molecule has 0 aliphatic rings. The Morgan fingerprint density at radius 1 is 1.35 bits per heavy atom. The number of carbonyl (C=O) groups excluding carboxylic acids is 2. The summed E-state index contributed by atoms with van der Waals surface area (Å²) in [6.45, 7) is 6.69. The molecule has 0 N–H and O–H groups in total. The molecule has 134 valence electrons. The zero-order valence-electron chi connectivity index (χ0n) is 14.9. The number of ketones is 1. The summed E-state index contributed by atoms with van der Waals surface area (Å²) >= 11 is 7.26. The first-order valence-electron chi connectivity index (χ1n) is 7.82. The van der Waals surface area contributed by atoms with Crippen LogP contribution in [0.1, 0.15) is 33.4 Å². The number of aromatic nitrogens is 1. The topological polar surface area (TPSA) is 74.1 Å². The van der Waals surface area contributed by atoms with E-state index in [1.165, 1.54) is 29.2 Å². The van der Waals surface area contributed by atoms with E-state index in [2.05, 4.69) is 4.98 Å². The van der Waals surface area contributed by atoms with Crippen LogP contribution in [0.15, 0.2) is 35.2 Å². The van der Waals surface area contributed by atoms with Crippen LogP contribution in [0.3, 0.4) is 0 Å². The molecule has 1 amide bonds. The number of carbonyl (C=O) groups is 2. The Kier molecular flexibility index (Phi) is 5.96. The number of halogens is 1. The Morgan fingerprint density at radius 3 is 2.58 bits per heavy atom. The lowest BCUT2D eigenvalue weighted by atomic mass is 9.86. The predicted octanol–water partition coefficient (Wildman–Crippen LogP) is 5.00. The van der Waals surface area contributed by atoms with E-state index in [-0.39, 0.29) is 17.3 Å². The fraction of sp³-hybridized carbons (Fsp3) is 0.263. The third-order valence-corrected chi connectivity index (χ3v) is 4.50. The van der Waals surface area contributed by atoms with Gasteiger partial charge in [0.2, 0.25) is 5.91 Å². The van der Waals surface area contributed by atoms with Gasteiger partial charge in [0.15, 0.2) is 10.9 Å². The lowest BCUT2D eigenvalue weighted by Crippen LogP contribution is -2.22. The van der Waals surface area contributed by atoms with Crippen LogP contribution in [-0.2, 0) is 9.59 Å². The molecule has 0 saturated heterocycles. The second-order valence-corrected chi connectivity index (χ2v) is 7.91. The highest BCUT2D eigenvalue weighted by Crippen LogP contribution is 2.31. The van der Waals surface area contributed by atoms with Crippen molar-refractivity contribution < 1.29 is 9.59 Å². The highest BCUT2D eigenvalue weighted by molar-refractivity contribution is 7.14. The average Bonchev–Trinajstić information content (AvgIpc) is 2.99. The number of amides is 1. The molecule has 7 heteroatoms. The molecule has 5 nitrogen and oxygen atoms in total. The molecule has 0 aliphatic carbocycles. The van der Waals surface area contributed by atoms with Crippen molar-refractivity contribution in [1.82, 2.24) is 4.98 Å². The van der Waals surface area contributed by atoms with Crippen molar-refractivity contribution in [3.05, 3.63) is 45.9 Å². The maximum atomic E-state index is 12.3. The monoisotopic (exact) mass is 387 g/mol. The van der Waals surface area contributed by atoms with Crippen molar-refractivity contribution in [3.63, 3.8) is 0 Å². The number of thiazole rings is 1. The van der Waals surface area contributed by atoms with Gasteiger partial charge >= 0.3 is 0 Å². The molecule has 0 spiro atoms. The van der Waals surface area contributed by atoms with Crippen LogP contribution in [0.5, 0.6) is 0 Å². The molecule has 0 saturated carbocycles. The maximum Gasteiger partial charge on any atom is 0.230 e. The van der Waals surface area contributed by atoms with Crippen molar-refractivity contribution in [1.29, 1.82) is 5.26 Å². The summed E-state index contributed by atoms with van der Waals surface area (Å²) in [5, 5.41) is 11.9. The van der Waals surface area contributed by atoms with Crippen LogP contribution >= 0.6 is 22.9 Å². The third-order valence-electron chi connectivity index (χ3n) is 3.42. The lowest BCUT2D eigenvalue weighted by molar-refractivity contribution is -0.122. The number of rotatable bonds is 4. The van der Waals surface area contributed by atoms with E-state index in [9.17, 15) is 14.9 Å². The molecule has 2 rings (SSSR count). The molecule has 1 aromatic carbocycles. The number of Topliss-reactive ketones (excluding diaryl/α,β-unsaturated/α-hetero) is 1. The maximum absolute atomic E-state index is 12.3. The fourth-order valence-electron chi connectivity index (χ4n) is 2.19. The van der Waals surface area contributed by atoms with E-state index in [0.717, 1.165) is 0 Å². The van der Waals surface area contributed by atoms with E-state index in [1.807, 2.05) is 6.07 Å². The molecule has 2 aromatic rings. The summed E-state index contributed by atoms with van der Waals surface area (Å²) in [7, 11) is 0. The number of nitriles is 1. The fourth-order valence-corrected chi connectivity index (χ4v) is 3.22. The molecule has 0 unspecified atom stereocenters. The Morgan fingerprint density at radius 2 is 2.04 bits per heavy atom. The van der Waals surface area contributed by atoms with E-state index < -0.39 is 5.41 Å². The Labute approximate surface area is 161 Å². The van der Waals surface area contributed by atoms with Gasteiger partial charge in [-0.1, -0.05) is 38.4 Å². The minimum absolute atomic E-state index is 0.0338. The number of benzene rings is 1. The van der Waals surface area contributed by atoms with Gasteiger partial charge in [-0.2, -0.15) is 5.26 Å². The van der Waals surface area contributed by atoms with Crippen LogP contribution in [0, 0.1) is 16.7 Å². The molecule has 26 heavy (non-hydrogen) atoms. The SMILES string of the molecule is CC(=O)N(c1cccc(Cl)c1)c1nc(/C=C(\C#N)C(=O)C(C)(C)C)cs1. The van der Waals surface area contributed by atoms with Crippen LogP contribution in [0.4, 0.5) is 10.8 Å². The van der Waals surface area contributed by atoms with Gasteiger partial charge in [-0.05, 0) is 24.3 Å². The summed E-state index contributed by atoms with van der Waals surface area (Å²) in [5.41, 5.74) is 0.423. The average molecular weight is 388 g/mol. The molecule has 0 fully saturated rings. The standard InChI is InChI=1S/C19H18ClN3O2S/c1-12(24)23(16-7-5-6-14(20)9-16)18-22-15(11-26-18)8-13(10-21)17(25)19(2,3)4/h5-9,11H,1-4H3/b13-8+. The van der Waals surface area contributed by atoms with E-state index in [1.54, 1.807) is 50.4 Å². The summed E-state index contributed by atoms with van der Waals surface area (Å²) in [6, 6.07) is 8.83. The minimum Gasteiger partial charge on any atom is -0.293 e. The minimum atomic E-state index is -0.660. The van der Waals surface area contributed by atoms with Gasteiger partial charge < -0.3 is 0 Å². The zero-order valence-corrected chi connectivity index (χ0v) is 16.5. The zero-order chi connectivity index (χ0) is 19.5. The van der Waals surface area contributed by atoms with Crippen molar-refractivity contribution in [2.75, 3.05) is 4.90 Å². The van der Waals surface area contributed by atoms with Crippen LogP contribution < -0.4 is 4.90 Å². The quantitative estimate of drug-likeness (QED) is 0.546. The molecule has 0 bridgehead atoms. The largest absolute Gasteiger partial charge is 0.293 e. The second kappa shape index (κ2) is 7.81. The van der Waals surface area contributed by atoms with E-state index >= 15 is 0 Å². The smallest absolute Gasteiger partial charge is 0.230 e. The summed E-state index contributed by atoms with van der Waals surface area (Å²) in [6.07, 6.45) is 1.45. The van der Waals surface area contributed by atoms with Gasteiger partial charge in [0.25, 0.3) is 0 Å². The number of hydrogen-bond donors (Lipinski definition) is 0. The number of nitrogens with zero attached hydrogens (tertiary/aromatic N) is 3. The molecular formula is C19H18ClN3O2S. The molecule has 0 atom stereocenters. The normalized spacial score (nSPS) is 11.8. The Balaban J connectivity index is 2.41. The Bertz CT molecular complexity index is 919. The van der Waals surface area contributed by atoms with Gasteiger partial charge in [-0.25, -0.2) is 4.98 Å². The van der Waals surface area contributed by atoms with Crippen molar-refractivity contribution in [2.24, 2.45) is 5.41 Å². The summed E-state index contributed by atoms with van der Waals surface area (Å²) in [4.78, 5) is 30.3. The molecule has 0 radical (unpaired) electrons. The number of anilines is 2. The molecule has 1 aromatic heterocycles. The first-order chi connectivity index (χ1) is 12.1. The van der Waals surface area contributed by atoms with Gasteiger partial charge in [0, 0.05) is 22.7 Å². The highest BCUT2D eigenvalue weighted by Gasteiger charge is 2.25. The first-order valence-corrected chi connectivity index (χ1v) is 9.07.